The van der Waals surface area contributed by atoms with E-state index in [4.69, 9.17) is 9.63 Å². The van der Waals surface area contributed by atoms with Crippen molar-refractivity contribution in [2.75, 3.05) is 11.5 Å². The summed E-state index contributed by atoms with van der Waals surface area (Å²) in [6.45, 7) is 2.20. The molecule has 0 spiro atoms. The highest BCUT2D eigenvalue weighted by Gasteiger charge is 2.36. The van der Waals surface area contributed by atoms with Crippen LogP contribution in [0.4, 0.5) is 0 Å². The molecule has 4 atom stereocenters. The van der Waals surface area contributed by atoms with Crippen molar-refractivity contribution in [3.63, 3.8) is 0 Å². The highest BCUT2D eigenvalue weighted by molar-refractivity contribution is 8.06. The van der Waals surface area contributed by atoms with E-state index in [1.807, 2.05) is 23.5 Å². The number of thioether (sulfide) groups is 2. The van der Waals surface area contributed by atoms with Crippen LogP contribution in [-0.4, -0.2) is 38.0 Å². The fraction of sp³-hybridized carbons (Fsp3) is 0.786. The first-order valence-corrected chi connectivity index (χ1v) is 9.58. The number of carboxylic acids is 1. The highest BCUT2D eigenvalue weighted by atomic mass is 32.2. The Morgan fingerprint density at radius 2 is 2.19 bits per heavy atom. The minimum absolute atomic E-state index is 0.119. The second-order valence-electron chi connectivity index (χ2n) is 5.64. The zero-order valence-electron chi connectivity index (χ0n) is 12.0. The van der Waals surface area contributed by atoms with E-state index in [9.17, 15) is 4.79 Å². The van der Waals surface area contributed by atoms with Crippen LogP contribution in [-0.2, 0) is 4.79 Å². The molecule has 0 bridgehead atoms. The first-order chi connectivity index (χ1) is 10.2. The molecule has 1 aliphatic heterocycles. The number of carbonyl (C=O) groups is 1. The summed E-state index contributed by atoms with van der Waals surface area (Å²) < 4.78 is 5.45. The Morgan fingerprint density at radius 1 is 1.38 bits per heavy atom. The molecule has 5 nitrogen and oxygen atoms in total. The summed E-state index contributed by atoms with van der Waals surface area (Å²) in [5.41, 5.74) is 0. The number of hydrogen-bond donors (Lipinski definition) is 1. The fourth-order valence-corrected chi connectivity index (χ4v) is 6.08. The van der Waals surface area contributed by atoms with Crippen molar-refractivity contribution in [2.45, 2.75) is 49.0 Å². The maximum atomic E-state index is 11.0. The summed E-state index contributed by atoms with van der Waals surface area (Å²) in [6, 6.07) is 0. The molecule has 3 rings (SSSR count). The summed E-state index contributed by atoms with van der Waals surface area (Å²) in [6.07, 6.45) is 3.28. The number of hydrogen-bond acceptors (Lipinski definition) is 6. The topological polar surface area (TPSA) is 76.2 Å². The third kappa shape index (κ3) is 3.23. The molecule has 2 aliphatic rings. The molecule has 1 saturated carbocycles. The van der Waals surface area contributed by atoms with Crippen molar-refractivity contribution in [2.24, 2.45) is 5.92 Å². The Kier molecular flexibility index (Phi) is 4.78. The molecule has 7 heteroatoms. The summed E-state index contributed by atoms with van der Waals surface area (Å²) >= 11 is 3.90. The summed E-state index contributed by atoms with van der Waals surface area (Å²) in [5, 5.41) is 14.1. The lowest BCUT2D eigenvalue weighted by Crippen LogP contribution is -2.19. The normalized spacial score (nSPS) is 33.2. The van der Waals surface area contributed by atoms with Crippen LogP contribution in [0, 0.1) is 5.92 Å². The van der Waals surface area contributed by atoms with Crippen LogP contribution in [0.15, 0.2) is 4.52 Å². The summed E-state index contributed by atoms with van der Waals surface area (Å²) in [5.74, 6) is 2.91. The van der Waals surface area contributed by atoms with Gasteiger partial charge in [0.15, 0.2) is 5.82 Å². The van der Waals surface area contributed by atoms with Crippen LogP contribution in [0.1, 0.15) is 55.5 Å². The van der Waals surface area contributed by atoms with Gasteiger partial charge in [-0.2, -0.15) is 16.7 Å². The Morgan fingerprint density at radius 3 is 2.90 bits per heavy atom. The minimum Gasteiger partial charge on any atom is -0.481 e. The van der Waals surface area contributed by atoms with Crippen LogP contribution >= 0.6 is 23.5 Å². The van der Waals surface area contributed by atoms with E-state index < -0.39 is 5.97 Å². The van der Waals surface area contributed by atoms with Gasteiger partial charge in [-0.1, -0.05) is 12.1 Å². The summed E-state index contributed by atoms with van der Waals surface area (Å²) in [7, 11) is 0. The van der Waals surface area contributed by atoms with Crippen molar-refractivity contribution < 1.29 is 14.4 Å². The van der Waals surface area contributed by atoms with Crippen LogP contribution in [0.3, 0.4) is 0 Å². The second kappa shape index (κ2) is 6.60. The maximum Gasteiger partial charge on any atom is 0.306 e. The Hall–Kier alpha value is -0.690. The third-order valence-corrected chi connectivity index (χ3v) is 7.54. The fourth-order valence-electron chi connectivity index (χ4n) is 3.10. The number of carboxylic acid groups (broad SMARTS) is 1. The van der Waals surface area contributed by atoms with Crippen molar-refractivity contribution >= 4 is 29.5 Å². The van der Waals surface area contributed by atoms with E-state index in [2.05, 4.69) is 17.1 Å². The molecule has 0 radical (unpaired) electrons. The second-order valence-corrected chi connectivity index (χ2v) is 8.24. The van der Waals surface area contributed by atoms with Gasteiger partial charge in [-0.05, 0) is 25.7 Å². The molecule has 2 fully saturated rings. The predicted molar refractivity (Wildman–Crippen MR) is 83.8 cm³/mol. The van der Waals surface area contributed by atoms with Crippen molar-refractivity contribution in [1.82, 2.24) is 10.1 Å². The number of rotatable bonds is 4. The monoisotopic (exact) mass is 328 g/mol. The van der Waals surface area contributed by atoms with E-state index >= 15 is 0 Å². The Bertz CT molecular complexity index is 508. The molecule has 4 unspecified atom stereocenters. The quantitative estimate of drug-likeness (QED) is 0.908. The van der Waals surface area contributed by atoms with Crippen LogP contribution in [0.25, 0.3) is 0 Å². The Labute approximate surface area is 132 Å². The number of nitrogens with zero attached hydrogens (tertiary/aromatic N) is 2. The Balaban J connectivity index is 1.70. The van der Waals surface area contributed by atoms with E-state index in [-0.39, 0.29) is 11.8 Å². The highest BCUT2D eigenvalue weighted by Crippen LogP contribution is 2.44. The molecule has 1 saturated heterocycles. The molecule has 2 heterocycles. The van der Waals surface area contributed by atoms with Gasteiger partial charge in [0.1, 0.15) is 0 Å². The average Bonchev–Trinajstić information content (AvgIpc) is 3.16. The first kappa shape index (κ1) is 15.2. The lowest BCUT2D eigenvalue weighted by atomic mass is 10.1. The van der Waals surface area contributed by atoms with Gasteiger partial charge < -0.3 is 9.63 Å². The minimum atomic E-state index is -0.706. The molecular weight excluding hydrogens is 308 g/mol. The molecule has 1 N–H and O–H groups in total. The number of aliphatic carboxylic acids is 1. The molecule has 1 aromatic rings. The first-order valence-electron chi connectivity index (χ1n) is 7.48. The van der Waals surface area contributed by atoms with Gasteiger partial charge in [0, 0.05) is 22.7 Å². The van der Waals surface area contributed by atoms with Crippen LogP contribution in [0.5, 0.6) is 0 Å². The molecular formula is C14H20N2O3S2. The van der Waals surface area contributed by atoms with Gasteiger partial charge in [-0.3, -0.25) is 4.79 Å². The molecule has 1 aromatic heterocycles. The molecule has 116 valence electrons. The summed E-state index contributed by atoms with van der Waals surface area (Å²) in [4.78, 5) is 15.6. The maximum absolute atomic E-state index is 11.0. The van der Waals surface area contributed by atoms with Gasteiger partial charge >= 0.3 is 5.97 Å². The molecule has 0 aromatic carbocycles. The van der Waals surface area contributed by atoms with E-state index in [0.29, 0.717) is 29.2 Å². The van der Waals surface area contributed by atoms with Gasteiger partial charge in [-0.25, -0.2) is 0 Å². The SMILES string of the molecule is CCC1SCCSC1c1noc(C2CCC(C(=O)O)C2)n1. The predicted octanol–water partition coefficient (Wildman–Crippen LogP) is 3.34. The standard InChI is InChI=1S/C14H20N2O3S2/c1-2-10-11(21-6-5-20-10)12-15-13(19-16-12)8-3-4-9(7-8)14(17)18/h8-11H,2-7H2,1H3,(H,17,18). The zero-order chi connectivity index (χ0) is 14.8. The van der Waals surface area contributed by atoms with Crippen molar-refractivity contribution in [3.05, 3.63) is 11.7 Å². The lowest BCUT2D eigenvalue weighted by molar-refractivity contribution is -0.141. The van der Waals surface area contributed by atoms with Crippen molar-refractivity contribution in [1.29, 1.82) is 0 Å². The van der Waals surface area contributed by atoms with Gasteiger partial charge in [0.25, 0.3) is 0 Å². The largest absolute Gasteiger partial charge is 0.481 e. The van der Waals surface area contributed by atoms with Gasteiger partial charge in [-0.15, -0.1) is 11.8 Å². The number of aromatic nitrogens is 2. The van der Waals surface area contributed by atoms with E-state index in [1.54, 1.807) is 0 Å². The molecule has 1 aliphatic carbocycles. The van der Waals surface area contributed by atoms with Gasteiger partial charge in [0.05, 0.1) is 11.2 Å². The zero-order valence-corrected chi connectivity index (χ0v) is 13.7. The van der Waals surface area contributed by atoms with Crippen molar-refractivity contribution in [3.8, 4) is 0 Å². The van der Waals surface area contributed by atoms with Crippen LogP contribution in [0.2, 0.25) is 0 Å². The third-order valence-electron chi connectivity index (χ3n) is 4.30. The van der Waals surface area contributed by atoms with Gasteiger partial charge in [0.2, 0.25) is 5.89 Å². The molecule has 0 amide bonds. The van der Waals surface area contributed by atoms with E-state index in [0.717, 1.165) is 24.4 Å². The lowest BCUT2D eigenvalue weighted by Gasteiger charge is -2.27. The average molecular weight is 328 g/mol. The van der Waals surface area contributed by atoms with Crippen LogP contribution < -0.4 is 0 Å². The molecule has 21 heavy (non-hydrogen) atoms. The smallest absolute Gasteiger partial charge is 0.306 e. The van der Waals surface area contributed by atoms with E-state index in [1.165, 1.54) is 5.75 Å².